The fraction of sp³-hybridized carbons (Fsp3) is 0.400. The maximum absolute atomic E-state index is 12.6. The predicted octanol–water partition coefficient (Wildman–Crippen LogP) is 3.23. The van der Waals surface area contributed by atoms with E-state index in [4.69, 9.17) is 11.6 Å². The molecule has 1 unspecified atom stereocenters. The van der Waals surface area contributed by atoms with E-state index in [2.05, 4.69) is 22.7 Å². The molecular weight excluding hydrogens is 320 g/mol. The largest absolute Gasteiger partial charge is 0.305 e. The van der Waals surface area contributed by atoms with Gasteiger partial charge in [-0.15, -0.1) is 0 Å². The van der Waals surface area contributed by atoms with E-state index in [1.54, 1.807) is 28.2 Å². The van der Waals surface area contributed by atoms with Crippen molar-refractivity contribution in [1.82, 2.24) is 14.8 Å². The summed E-state index contributed by atoms with van der Waals surface area (Å²) in [5, 5.41) is 4.57. The van der Waals surface area contributed by atoms with Crippen molar-refractivity contribution < 1.29 is 4.79 Å². The predicted molar refractivity (Wildman–Crippen MR) is 92.0 cm³/mol. The van der Waals surface area contributed by atoms with Gasteiger partial charge < -0.3 is 4.90 Å². The molecule has 22 heavy (non-hydrogen) atoms. The number of nitrogens with zero attached hydrogens (tertiary/aromatic N) is 4. The van der Waals surface area contributed by atoms with Gasteiger partial charge in [-0.25, -0.2) is 4.68 Å². The summed E-state index contributed by atoms with van der Waals surface area (Å²) in [5.74, 6) is 0.275. The summed E-state index contributed by atoms with van der Waals surface area (Å²) < 4.78 is 1.62. The molecule has 118 valence electrons. The van der Waals surface area contributed by atoms with Crippen molar-refractivity contribution in [2.24, 2.45) is 5.92 Å². The Bertz CT molecular complexity index is 644. The van der Waals surface area contributed by atoms with Crippen LogP contribution in [0.4, 0.5) is 5.69 Å². The zero-order valence-electron chi connectivity index (χ0n) is 12.8. The lowest BCUT2D eigenvalue weighted by molar-refractivity contribution is -0.121. The quantitative estimate of drug-likeness (QED) is 0.851. The van der Waals surface area contributed by atoms with Crippen molar-refractivity contribution in [2.75, 3.05) is 10.7 Å². The molecule has 0 N–H and O–H groups in total. The van der Waals surface area contributed by atoms with Gasteiger partial charge in [0.1, 0.15) is 5.69 Å². The van der Waals surface area contributed by atoms with Crippen molar-refractivity contribution in [3.63, 3.8) is 0 Å². The van der Waals surface area contributed by atoms with Gasteiger partial charge in [0.15, 0.2) is 5.15 Å². The Morgan fingerprint density at radius 2 is 2.18 bits per heavy atom. The number of thiol groups is 1. The molecule has 5 nitrogen and oxygen atoms in total. The first-order valence-corrected chi connectivity index (χ1v) is 8.06. The number of rotatable bonds is 5. The van der Waals surface area contributed by atoms with Crippen LogP contribution in [-0.4, -0.2) is 32.5 Å². The van der Waals surface area contributed by atoms with Gasteiger partial charge in [0, 0.05) is 23.9 Å². The molecule has 0 saturated heterocycles. The number of anilines is 1. The Morgan fingerprint density at radius 3 is 2.73 bits per heavy atom. The number of aromatic nitrogens is 3. The summed E-state index contributed by atoms with van der Waals surface area (Å²) in [6.07, 6.45) is 5.13. The number of carbonyl (C=O) groups excluding carboxylic acids is 1. The van der Waals surface area contributed by atoms with Crippen LogP contribution in [-0.2, 0) is 4.79 Å². The molecule has 1 atom stereocenters. The molecule has 2 aromatic heterocycles. The molecule has 0 aliphatic heterocycles. The number of hydrogen-bond donors (Lipinski definition) is 1. The minimum atomic E-state index is -0.191. The molecule has 2 aromatic rings. The van der Waals surface area contributed by atoms with Crippen LogP contribution in [0.1, 0.15) is 20.8 Å². The highest BCUT2D eigenvalue weighted by molar-refractivity contribution is 7.80. The van der Waals surface area contributed by atoms with E-state index in [0.717, 1.165) is 5.69 Å². The van der Waals surface area contributed by atoms with E-state index in [9.17, 15) is 4.79 Å². The highest BCUT2D eigenvalue weighted by atomic mass is 35.5. The second-order valence-corrected chi connectivity index (χ2v) is 6.07. The molecule has 2 heterocycles. The summed E-state index contributed by atoms with van der Waals surface area (Å²) in [6.45, 7) is 5.74. The molecule has 0 aliphatic rings. The lowest BCUT2D eigenvalue weighted by atomic mass is 10.1. The summed E-state index contributed by atoms with van der Waals surface area (Å²) in [4.78, 5) is 18.3. The standard InChI is InChI=1S/C15H19ClN4OS/c1-10(2)20(15(21)11(3)9-22)13-8-19(18-14(13)16)12-5-4-6-17-7-12/h4-8,10-11,22H,9H2,1-3H3. The fourth-order valence-electron chi connectivity index (χ4n) is 2.09. The Kier molecular flexibility index (Phi) is 5.47. The van der Waals surface area contributed by atoms with Gasteiger partial charge in [-0.1, -0.05) is 18.5 Å². The molecule has 7 heteroatoms. The van der Waals surface area contributed by atoms with E-state index in [1.807, 2.05) is 32.9 Å². The molecule has 0 aromatic carbocycles. The summed E-state index contributed by atoms with van der Waals surface area (Å²) in [5.41, 5.74) is 1.38. The van der Waals surface area contributed by atoms with Crippen LogP contribution >= 0.6 is 24.2 Å². The van der Waals surface area contributed by atoms with Crippen LogP contribution in [0.25, 0.3) is 5.69 Å². The Morgan fingerprint density at radius 1 is 1.45 bits per heavy atom. The van der Waals surface area contributed by atoms with E-state index in [1.165, 1.54) is 0 Å². The number of halogens is 1. The van der Waals surface area contributed by atoms with E-state index >= 15 is 0 Å². The highest BCUT2D eigenvalue weighted by Crippen LogP contribution is 2.29. The monoisotopic (exact) mass is 338 g/mol. The van der Waals surface area contributed by atoms with Gasteiger partial charge in [0.05, 0.1) is 18.1 Å². The van der Waals surface area contributed by atoms with Crippen molar-refractivity contribution >= 4 is 35.8 Å². The first-order chi connectivity index (χ1) is 10.5. The van der Waals surface area contributed by atoms with Crippen LogP contribution in [0.15, 0.2) is 30.7 Å². The van der Waals surface area contributed by atoms with Gasteiger partial charge in [-0.05, 0) is 26.0 Å². The van der Waals surface area contributed by atoms with Crippen LogP contribution in [0.3, 0.4) is 0 Å². The third kappa shape index (κ3) is 3.44. The van der Waals surface area contributed by atoms with E-state index in [0.29, 0.717) is 11.4 Å². The van der Waals surface area contributed by atoms with Crippen molar-refractivity contribution in [3.8, 4) is 5.69 Å². The van der Waals surface area contributed by atoms with Gasteiger partial charge in [0.25, 0.3) is 0 Å². The van der Waals surface area contributed by atoms with Gasteiger partial charge >= 0.3 is 0 Å². The Balaban J connectivity index is 2.41. The zero-order valence-corrected chi connectivity index (χ0v) is 14.4. The average Bonchev–Trinajstić information content (AvgIpc) is 2.89. The van der Waals surface area contributed by atoms with E-state index < -0.39 is 0 Å². The minimum absolute atomic E-state index is 0.0161. The number of amides is 1. The maximum atomic E-state index is 12.6. The number of hydrogen-bond acceptors (Lipinski definition) is 4. The van der Waals surface area contributed by atoms with Crippen LogP contribution < -0.4 is 4.90 Å². The van der Waals surface area contributed by atoms with Crippen LogP contribution in [0, 0.1) is 5.92 Å². The average molecular weight is 339 g/mol. The molecule has 0 bridgehead atoms. The SMILES string of the molecule is CC(CS)C(=O)N(c1cn(-c2cccnc2)nc1Cl)C(C)C. The van der Waals surface area contributed by atoms with Crippen LogP contribution in [0.2, 0.25) is 5.15 Å². The highest BCUT2D eigenvalue weighted by Gasteiger charge is 2.27. The minimum Gasteiger partial charge on any atom is -0.305 e. The smallest absolute Gasteiger partial charge is 0.231 e. The van der Waals surface area contributed by atoms with Gasteiger partial charge in [-0.3, -0.25) is 9.78 Å². The number of carbonyl (C=O) groups is 1. The van der Waals surface area contributed by atoms with Crippen molar-refractivity contribution in [1.29, 1.82) is 0 Å². The first kappa shape index (κ1) is 16.8. The molecule has 1 amide bonds. The van der Waals surface area contributed by atoms with Gasteiger partial charge in [0.2, 0.25) is 5.91 Å². The third-order valence-electron chi connectivity index (χ3n) is 3.27. The molecule has 0 radical (unpaired) electrons. The topological polar surface area (TPSA) is 51.0 Å². The zero-order chi connectivity index (χ0) is 16.3. The summed E-state index contributed by atoms with van der Waals surface area (Å²) in [7, 11) is 0. The summed E-state index contributed by atoms with van der Waals surface area (Å²) in [6, 6.07) is 3.66. The van der Waals surface area contributed by atoms with Crippen molar-refractivity contribution in [3.05, 3.63) is 35.9 Å². The van der Waals surface area contributed by atoms with Gasteiger partial charge in [-0.2, -0.15) is 17.7 Å². The van der Waals surface area contributed by atoms with E-state index in [-0.39, 0.29) is 23.0 Å². The molecular formula is C15H19ClN4OS. The molecule has 0 spiro atoms. The Labute approximate surface area is 140 Å². The second-order valence-electron chi connectivity index (χ2n) is 5.35. The molecule has 0 saturated carbocycles. The fourth-order valence-corrected chi connectivity index (χ4v) is 2.47. The summed E-state index contributed by atoms with van der Waals surface area (Å²) >= 11 is 10.5. The van der Waals surface area contributed by atoms with Crippen LogP contribution in [0.5, 0.6) is 0 Å². The Hall–Kier alpha value is -1.53. The third-order valence-corrected chi connectivity index (χ3v) is 4.09. The maximum Gasteiger partial charge on any atom is 0.231 e. The number of pyridine rings is 1. The molecule has 0 aliphatic carbocycles. The lowest BCUT2D eigenvalue weighted by Gasteiger charge is -2.28. The first-order valence-electron chi connectivity index (χ1n) is 7.05. The second kappa shape index (κ2) is 7.15. The molecule has 0 fully saturated rings. The molecule has 2 rings (SSSR count). The lowest BCUT2D eigenvalue weighted by Crippen LogP contribution is -2.41. The normalized spacial score (nSPS) is 12.5. The van der Waals surface area contributed by atoms with Crippen molar-refractivity contribution in [2.45, 2.75) is 26.8 Å².